The topological polar surface area (TPSA) is 26.3 Å². The lowest BCUT2D eigenvalue weighted by Crippen LogP contribution is -2.09. The lowest BCUT2D eigenvalue weighted by atomic mass is 9.98. The first-order valence-electron chi connectivity index (χ1n) is 5.23. The molecule has 0 radical (unpaired) electrons. The Bertz CT molecular complexity index is 398. The first kappa shape index (κ1) is 11.9. The molecule has 1 aromatic rings. The summed E-state index contributed by atoms with van der Waals surface area (Å²) in [6.07, 6.45) is 1.43. The molecule has 0 bridgehead atoms. The number of carbonyl (C=O) groups is 1. The van der Waals surface area contributed by atoms with E-state index in [4.69, 9.17) is 27.9 Å². The van der Waals surface area contributed by atoms with Crippen LogP contribution in [0.25, 0.3) is 0 Å². The van der Waals surface area contributed by atoms with Crippen LogP contribution in [-0.2, 0) is 4.74 Å². The molecule has 1 fully saturated rings. The number of halogens is 2. The SMILES string of the molecule is O=C(CC1CCOC1)c1cc(Cl)ccc1Cl. The van der Waals surface area contributed by atoms with E-state index in [2.05, 4.69) is 0 Å². The monoisotopic (exact) mass is 258 g/mol. The van der Waals surface area contributed by atoms with Crippen molar-refractivity contribution in [1.82, 2.24) is 0 Å². The molecule has 4 heteroatoms. The highest BCUT2D eigenvalue weighted by Gasteiger charge is 2.21. The Kier molecular flexibility index (Phi) is 3.85. The number of carbonyl (C=O) groups excluding carboxylic acids is 1. The van der Waals surface area contributed by atoms with Crippen LogP contribution in [0.15, 0.2) is 18.2 Å². The van der Waals surface area contributed by atoms with Crippen molar-refractivity contribution in [3.05, 3.63) is 33.8 Å². The summed E-state index contributed by atoms with van der Waals surface area (Å²) in [5, 5.41) is 1.00. The fourth-order valence-electron chi connectivity index (χ4n) is 1.83. The Morgan fingerprint density at radius 2 is 2.25 bits per heavy atom. The van der Waals surface area contributed by atoms with Crippen molar-refractivity contribution in [2.24, 2.45) is 5.92 Å². The molecule has 1 unspecified atom stereocenters. The third-order valence-corrected chi connectivity index (χ3v) is 3.29. The van der Waals surface area contributed by atoms with Crippen LogP contribution in [0.3, 0.4) is 0 Å². The molecule has 0 saturated carbocycles. The van der Waals surface area contributed by atoms with Gasteiger partial charge in [0.05, 0.1) is 5.02 Å². The molecule has 2 rings (SSSR count). The summed E-state index contributed by atoms with van der Waals surface area (Å²) in [7, 11) is 0. The number of ether oxygens (including phenoxy) is 1. The van der Waals surface area contributed by atoms with Gasteiger partial charge in [-0.05, 0) is 30.5 Å². The van der Waals surface area contributed by atoms with Gasteiger partial charge in [-0.2, -0.15) is 0 Å². The van der Waals surface area contributed by atoms with Crippen LogP contribution in [0, 0.1) is 5.92 Å². The van der Waals surface area contributed by atoms with Gasteiger partial charge in [-0.1, -0.05) is 23.2 Å². The van der Waals surface area contributed by atoms with Crippen LogP contribution in [0.4, 0.5) is 0 Å². The molecule has 0 aromatic heterocycles. The summed E-state index contributed by atoms with van der Waals surface area (Å²) in [6, 6.07) is 4.96. The van der Waals surface area contributed by atoms with Crippen molar-refractivity contribution < 1.29 is 9.53 Å². The average molecular weight is 259 g/mol. The Hall–Kier alpha value is -0.570. The Morgan fingerprint density at radius 1 is 1.44 bits per heavy atom. The number of hydrogen-bond acceptors (Lipinski definition) is 2. The number of ketones is 1. The molecular weight excluding hydrogens is 247 g/mol. The molecule has 1 atom stereocenters. The minimum absolute atomic E-state index is 0.0444. The third-order valence-electron chi connectivity index (χ3n) is 2.73. The van der Waals surface area contributed by atoms with Crippen molar-refractivity contribution in [2.75, 3.05) is 13.2 Å². The zero-order valence-electron chi connectivity index (χ0n) is 8.71. The van der Waals surface area contributed by atoms with Gasteiger partial charge in [-0.15, -0.1) is 0 Å². The van der Waals surface area contributed by atoms with E-state index in [9.17, 15) is 4.79 Å². The summed E-state index contributed by atoms with van der Waals surface area (Å²) in [6.45, 7) is 1.42. The number of rotatable bonds is 3. The van der Waals surface area contributed by atoms with Crippen LogP contribution in [0.2, 0.25) is 10.0 Å². The molecule has 0 N–H and O–H groups in total. The second kappa shape index (κ2) is 5.17. The highest BCUT2D eigenvalue weighted by Crippen LogP contribution is 2.25. The van der Waals surface area contributed by atoms with Gasteiger partial charge in [-0.3, -0.25) is 4.79 Å². The molecule has 1 saturated heterocycles. The van der Waals surface area contributed by atoms with Crippen molar-refractivity contribution in [2.45, 2.75) is 12.8 Å². The summed E-state index contributed by atoms with van der Waals surface area (Å²) in [4.78, 5) is 12.0. The van der Waals surface area contributed by atoms with Gasteiger partial charge < -0.3 is 4.74 Å². The standard InChI is InChI=1S/C12H12Cl2O2/c13-9-1-2-11(14)10(6-9)12(15)5-8-3-4-16-7-8/h1-2,6,8H,3-5,7H2. The van der Waals surface area contributed by atoms with Gasteiger partial charge in [0.1, 0.15) is 0 Å². The Balaban J connectivity index is 2.10. The average Bonchev–Trinajstić information content (AvgIpc) is 2.74. The van der Waals surface area contributed by atoms with Gasteiger partial charge in [0.2, 0.25) is 0 Å². The lowest BCUT2D eigenvalue weighted by Gasteiger charge is -2.08. The largest absolute Gasteiger partial charge is 0.381 e. The molecule has 1 aliphatic rings. The fraction of sp³-hybridized carbons (Fsp3) is 0.417. The number of hydrogen-bond donors (Lipinski definition) is 0. The molecule has 1 aliphatic heterocycles. The molecule has 0 aliphatic carbocycles. The van der Waals surface area contributed by atoms with Crippen molar-refractivity contribution in [3.8, 4) is 0 Å². The maximum absolute atomic E-state index is 12.0. The van der Waals surface area contributed by atoms with Gasteiger partial charge in [-0.25, -0.2) is 0 Å². The molecule has 86 valence electrons. The van der Waals surface area contributed by atoms with Crippen LogP contribution in [0.5, 0.6) is 0 Å². The molecular formula is C12H12Cl2O2. The zero-order valence-corrected chi connectivity index (χ0v) is 10.2. The van der Waals surface area contributed by atoms with Crippen LogP contribution in [0.1, 0.15) is 23.2 Å². The summed E-state index contributed by atoms with van der Waals surface area (Å²) >= 11 is 11.8. The highest BCUT2D eigenvalue weighted by molar-refractivity contribution is 6.35. The van der Waals surface area contributed by atoms with Gasteiger partial charge in [0.25, 0.3) is 0 Å². The second-order valence-corrected chi connectivity index (χ2v) is 4.82. The summed E-state index contributed by atoms with van der Waals surface area (Å²) < 4.78 is 5.24. The van der Waals surface area contributed by atoms with Gasteiger partial charge in [0, 0.05) is 30.2 Å². The van der Waals surface area contributed by atoms with Crippen LogP contribution >= 0.6 is 23.2 Å². The van der Waals surface area contributed by atoms with Crippen molar-refractivity contribution >= 4 is 29.0 Å². The minimum atomic E-state index is 0.0444. The Morgan fingerprint density at radius 3 is 2.94 bits per heavy atom. The first-order valence-corrected chi connectivity index (χ1v) is 5.98. The molecule has 2 nitrogen and oxygen atoms in total. The normalized spacial score (nSPS) is 20.0. The quantitative estimate of drug-likeness (QED) is 0.775. The first-order chi connectivity index (χ1) is 7.66. The van der Waals surface area contributed by atoms with E-state index < -0.39 is 0 Å². The van der Waals surface area contributed by atoms with E-state index in [-0.39, 0.29) is 5.78 Å². The van der Waals surface area contributed by atoms with E-state index in [1.807, 2.05) is 0 Å². The van der Waals surface area contributed by atoms with Gasteiger partial charge in [0.15, 0.2) is 5.78 Å². The van der Waals surface area contributed by atoms with Crippen LogP contribution in [-0.4, -0.2) is 19.0 Å². The maximum Gasteiger partial charge on any atom is 0.164 e. The molecule has 0 amide bonds. The van der Waals surface area contributed by atoms with E-state index in [0.29, 0.717) is 34.6 Å². The van der Waals surface area contributed by atoms with E-state index in [1.165, 1.54) is 0 Å². The minimum Gasteiger partial charge on any atom is -0.381 e. The van der Waals surface area contributed by atoms with E-state index in [1.54, 1.807) is 18.2 Å². The van der Waals surface area contributed by atoms with Crippen molar-refractivity contribution in [3.63, 3.8) is 0 Å². The smallest absolute Gasteiger partial charge is 0.164 e. The summed E-state index contributed by atoms with van der Waals surface area (Å²) in [5.41, 5.74) is 0.515. The molecule has 0 spiro atoms. The van der Waals surface area contributed by atoms with Crippen molar-refractivity contribution in [1.29, 1.82) is 0 Å². The van der Waals surface area contributed by atoms with E-state index >= 15 is 0 Å². The number of benzene rings is 1. The zero-order chi connectivity index (χ0) is 11.5. The fourth-order valence-corrected chi connectivity index (χ4v) is 2.22. The summed E-state index contributed by atoms with van der Waals surface area (Å²) in [5.74, 6) is 0.366. The van der Waals surface area contributed by atoms with Crippen LogP contribution < -0.4 is 0 Å². The lowest BCUT2D eigenvalue weighted by molar-refractivity contribution is 0.0953. The van der Waals surface area contributed by atoms with E-state index in [0.717, 1.165) is 13.0 Å². The molecule has 1 aromatic carbocycles. The Labute approximate surface area is 104 Å². The predicted molar refractivity (Wildman–Crippen MR) is 64.3 cm³/mol. The maximum atomic E-state index is 12.0. The highest BCUT2D eigenvalue weighted by atomic mass is 35.5. The molecule has 16 heavy (non-hydrogen) atoms. The second-order valence-electron chi connectivity index (χ2n) is 3.98. The molecule has 1 heterocycles. The predicted octanol–water partition coefficient (Wildman–Crippen LogP) is 3.60. The van der Waals surface area contributed by atoms with Gasteiger partial charge >= 0.3 is 0 Å². The number of Topliss-reactive ketones (excluding diaryl/α,β-unsaturated/α-hetero) is 1. The third kappa shape index (κ3) is 2.76.